The lowest BCUT2D eigenvalue weighted by molar-refractivity contribution is -0.147. The number of carbonyl (C=O) groups is 2. The summed E-state index contributed by atoms with van der Waals surface area (Å²) in [5.74, 6) is -0.820. The quantitative estimate of drug-likeness (QED) is 0.849. The Labute approximate surface area is 155 Å². The monoisotopic (exact) mass is 358 g/mol. The number of benzene rings is 1. The Morgan fingerprint density at radius 3 is 2.54 bits per heavy atom. The van der Waals surface area contributed by atoms with E-state index in [1.807, 2.05) is 18.7 Å². The first kappa shape index (κ1) is 18.9. The molecule has 5 nitrogen and oxygen atoms in total. The molecule has 1 fully saturated rings. The van der Waals surface area contributed by atoms with E-state index in [0.29, 0.717) is 19.5 Å². The highest BCUT2D eigenvalue weighted by Crippen LogP contribution is 2.31. The molecule has 5 heteroatoms. The third kappa shape index (κ3) is 3.78. The van der Waals surface area contributed by atoms with Crippen LogP contribution in [0.4, 0.5) is 0 Å². The number of amides is 1. The lowest BCUT2D eigenvalue weighted by atomic mass is 9.89. The average Bonchev–Trinajstić information content (AvgIpc) is 3.04. The summed E-state index contributed by atoms with van der Waals surface area (Å²) in [4.78, 5) is 26.1. The van der Waals surface area contributed by atoms with Gasteiger partial charge in [-0.05, 0) is 69.6 Å². The first-order valence-electron chi connectivity index (χ1n) is 9.70. The number of rotatable bonds is 5. The molecule has 1 amide bonds. The largest absolute Gasteiger partial charge is 0.481 e. The number of fused-ring (bicyclic) bond motifs is 1. The Morgan fingerprint density at radius 1 is 1.19 bits per heavy atom. The van der Waals surface area contributed by atoms with Crippen LogP contribution in [-0.4, -0.2) is 41.0 Å². The highest BCUT2D eigenvalue weighted by molar-refractivity contribution is 5.82. The minimum Gasteiger partial charge on any atom is -0.481 e. The van der Waals surface area contributed by atoms with Crippen molar-refractivity contribution >= 4 is 11.9 Å². The molecular formula is C21H30N2O3. The van der Waals surface area contributed by atoms with Gasteiger partial charge in [0.25, 0.3) is 0 Å². The number of aliphatic carboxylic acids is 1. The van der Waals surface area contributed by atoms with E-state index in [1.54, 1.807) is 6.92 Å². The molecule has 3 rings (SSSR count). The van der Waals surface area contributed by atoms with Gasteiger partial charge in [0.1, 0.15) is 0 Å². The molecule has 1 heterocycles. The number of hydrogen-bond acceptors (Lipinski definition) is 3. The lowest BCUT2D eigenvalue weighted by Crippen LogP contribution is -2.46. The molecule has 3 atom stereocenters. The van der Waals surface area contributed by atoms with Gasteiger partial charge in [0.15, 0.2) is 0 Å². The van der Waals surface area contributed by atoms with Crippen molar-refractivity contribution in [3.63, 3.8) is 0 Å². The van der Waals surface area contributed by atoms with E-state index in [0.717, 1.165) is 18.4 Å². The number of carboxylic acids is 1. The van der Waals surface area contributed by atoms with Crippen LogP contribution in [-0.2, 0) is 22.4 Å². The predicted octanol–water partition coefficient (Wildman–Crippen LogP) is 2.93. The van der Waals surface area contributed by atoms with E-state index < -0.39 is 11.4 Å². The summed E-state index contributed by atoms with van der Waals surface area (Å²) in [6, 6.07) is 6.19. The number of likely N-dealkylation sites (tertiary alicyclic amines) is 1. The van der Waals surface area contributed by atoms with Crippen molar-refractivity contribution in [3.8, 4) is 0 Å². The fraction of sp³-hybridized carbons (Fsp3) is 0.619. The molecule has 142 valence electrons. The van der Waals surface area contributed by atoms with Crippen LogP contribution in [0.25, 0.3) is 0 Å². The summed E-state index contributed by atoms with van der Waals surface area (Å²) in [7, 11) is 0. The topological polar surface area (TPSA) is 69.6 Å². The molecule has 0 radical (unpaired) electrons. The minimum atomic E-state index is -0.782. The van der Waals surface area contributed by atoms with Crippen molar-refractivity contribution in [2.24, 2.45) is 5.41 Å². The summed E-state index contributed by atoms with van der Waals surface area (Å²) in [5.41, 5.74) is 3.25. The molecule has 2 aliphatic rings. The maximum atomic E-state index is 12.7. The normalized spacial score (nSPS) is 25.3. The maximum absolute atomic E-state index is 12.7. The molecular weight excluding hydrogens is 328 g/mol. The zero-order valence-corrected chi connectivity index (χ0v) is 16.0. The second-order valence-corrected chi connectivity index (χ2v) is 8.23. The van der Waals surface area contributed by atoms with Crippen LogP contribution in [0.5, 0.6) is 0 Å². The number of hydrogen-bond donors (Lipinski definition) is 2. The van der Waals surface area contributed by atoms with Gasteiger partial charge in [-0.25, -0.2) is 0 Å². The number of carboxylic acid groups (broad SMARTS) is 1. The molecule has 0 aromatic heterocycles. The third-order valence-corrected chi connectivity index (χ3v) is 6.18. The van der Waals surface area contributed by atoms with Crippen molar-refractivity contribution in [1.82, 2.24) is 10.2 Å². The minimum absolute atomic E-state index is 0.0372. The van der Waals surface area contributed by atoms with E-state index in [2.05, 4.69) is 23.5 Å². The van der Waals surface area contributed by atoms with E-state index in [1.165, 1.54) is 24.0 Å². The molecule has 3 unspecified atom stereocenters. The highest BCUT2D eigenvalue weighted by atomic mass is 16.4. The van der Waals surface area contributed by atoms with Crippen molar-refractivity contribution in [2.75, 3.05) is 13.1 Å². The van der Waals surface area contributed by atoms with Crippen molar-refractivity contribution in [1.29, 1.82) is 0 Å². The molecule has 0 spiro atoms. The summed E-state index contributed by atoms with van der Waals surface area (Å²) >= 11 is 0. The van der Waals surface area contributed by atoms with Crippen LogP contribution < -0.4 is 5.32 Å². The summed E-state index contributed by atoms with van der Waals surface area (Å²) in [6.45, 7) is 6.70. The van der Waals surface area contributed by atoms with Gasteiger partial charge < -0.3 is 10.4 Å². The Morgan fingerprint density at radius 2 is 1.88 bits per heavy atom. The van der Waals surface area contributed by atoms with Gasteiger partial charge in [0, 0.05) is 13.1 Å². The molecule has 2 N–H and O–H groups in total. The first-order valence-corrected chi connectivity index (χ1v) is 9.70. The molecule has 26 heavy (non-hydrogen) atoms. The summed E-state index contributed by atoms with van der Waals surface area (Å²) < 4.78 is 0. The molecule has 0 bridgehead atoms. The average molecular weight is 358 g/mol. The summed E-state index contributed by atoms with van der Waals surface area (Å²) in [6.07, 6.45) is 5.37. The standard InChI is InChI=1S/C21H30N2O3/c1-14(17-9-8-16-6-4-5-7-18(16)12-17)22-19(24)15(2)23-11-10-21(3,13-23)20(25)26/h8-9,12,14-15H,4-7,10-11,13H2,1-3H3,(H,22,24)(H,25,26). The van der Waals surface area contributed by atoms with Crippen LogP contribution in [0, 0.1) is 5.41 Å². The van der Waals surface area contributed by atoms with Crippen LogP contribution >= 0.6 is 0 Å². The molecule has 1 aliphatic carbocycles. The van der Waals surface area contributed by atoms with Gasteiger partial charge in [-0.15, -0.1) is 0 Å². The Balaban J connectivity index is 1.61. The van der Waals surface area contributed by atoms with E-state index >= 15 is 0 Å². The number of carbonyl (C=O) groups excluding carboxylic acids is 1. The van der Waals surface area contributed by atoms with Crippen LogP contribution in [0.15, 0.2) is 18.2 Å². The fourth-order valence-corrected chi connectivity index (χ4v) is 4.11. The second kappa shape index (κ2) is 7.39. The van der Waals surface area contributed by atoms with E-state index in [9.17, 15) is 14.7 Å². The first-order chi connectivity index (χ1) is 12.3. The maximum Gasteiger partial charge on any atom is 0.310 e. The van der Waals surface area contributed by atoms with Crippen LogP contribution in [0.1, 0.15) is 62.8 Å². The van der Waals surface area contributed by atoms with E-state index in [4.69, 9.17) is 0 Å². The Kier molecular flexibility index (Phi) is 5.37. The Bertz CT molecular complexity index is 702. The molecule has 1 aromatic carbocycles. The van der Waals surface area contributed by atoms with Crippen LogP contribution in [0.3, 0.4) is 0 Å². The van der Waals surface area contributed by atoms with E-state index in [-0.39, 0.29) is 18.0 Å². The van der Waals surface area contributed by atoms with Crippen molar-refractivity contribution in [3.05, 3.63) is 34.9 Å². The lowest BCUT2D eigenvalue weighted by Gasteiger charge is -2.27. The Hall–Kier alpha value is -1.88. The predicted molar refractivity (Wildman–Crippen MR) is 101 cm³/mol. The molecule has 1 aliphatic heterocycles. The van der Waals surface area contributed by atoms with Gasteiger partial charge in [0.2, 0.25) is 5.91 Å². The second-order valence-electron chi connectivity index (χ2n) is 8.23. The summed E-state index contributed by atoms with van der Waals surface area (Å²) in [5, 5.41) is 12.5. The molecule has 1 saturated heterocycles. The van der Waals surface area contributed by atoms with Crippen molar-refractivity contribution < 1.29 is 14.7 Å². The number of aryl methyl sites for hydroxylation is 2. The van der Waals surface area contributed by atoms with Gasteiger partial charge in [-0.2, -0.15) is 0 Å². The van der Waals surface area contributed by atoms with Gasteiger partial charge in [0.05, 0.1) is 17.5 Å². The zero-order chi connectivity index (χ0) is 18.9. The van der Waals surface area contributed by atoms with Gasteiger partial charge in [-0.3, -0.25) is 14.5 Å². The SMILES string of the molecule is CC(NC(=O)C(C)N1CCC(C)(C(=O)O)C1)c1ccc2c(c1)CCCC2. The number of nitrogens with one attached hydrogen (secondary N) is 1. The molecule has 0 saturated carbocycles. The highest BCUT2D eigenvalue weighted by Gasteiger charge is 2.43. The molecule has 1 aromatic rings. The smallest absolute Gasteiger partial charge is 0.310 e. The van der Waals surface area contributed by atoms with Crippen LogP contribution in [0.2, 0.25) is 0 Å². The van der Waals surface area contributed by atoms with Gasteiger partial charge in [-0.1, -0.05) is 18.2 Å². The van der Waals surface area contributed by atoms with Gasteiger partial charge >= 0.3 is 5.97 Å². The third-order valence-electron chi connectivity index (χ3n) is 6.18. The number of nitrogens with zero attached hydrogens (tertiary/aromatic N) is 1. The van der Waals surface area contributed by atoms with Crippen molar-refractivity contribution in [2.45, 2.75) is 65.0 Å². The fourth-order valence-electron chi connectivity index (χ4n) is 4.11. The zero-order valence-electron chi connectivity index (χ0n) is 16.0.